The lowest BCUT2D eigenvalue weighted by Gasteiger charge is -2.42. The Labute approximate surface area is 113 Å². The first-order chi connectivity index (χ1) is 7.78. The first-order valence-electron chi connectivity index (χ1n) is 5.94. The molecule has 1 saturated heterocycles. The van der Waals surface area contributed by atoms with Gasteiger partial charge in [0.05, 0.1) is 17.5 Å². The molecule has 0 N–H and O–H groups in total. The molecule has 1 atom stereocenters. The van der Waals surface area contributed by atoms with Crippen molar-refractivity contribution in [2.75, 3.05) is 36.5 Å². The molecule has 1 fully saturated rings. The molecule has 0 aliphatic carbocycles. The van der Waals surface area contributed by atoms with E-state index < -0.39 is 9.84 Å². The summed E-state index contributed by atoms with van der Waals surface area (Å²) in [5.74, 6) is 0.469. The van der Waals surface area contributed by atoms with E-state index in [2.05, 4.69) is 20.8 Å². The number of sulfone groups is 1. The molecular weight excluding hydrogens is 306 g/mol. The second kappa shape index (κ2) is 5.99. The third-order valence-electron chi connectivity index (χ3n) is 2.88. The van der Waals surface area contributed by atoms with Crippen LogP contribution in [0.25, 0.3) is 0 Å². The van der Waals surface area contributed by atoms with E-state index in [9.17, 15) is 8.42 Å². The molecular formula is C11H22BrNO3S. The quantitative estimate of drug-likeness (QED) is 0.714. The van der Waals surface area contributed by atoms with Gasteiger partial charge in [-0.1, -0.05) is 22.9 Å². The average Bonchev–Trinajstić information content (AvgIpc) is 2.24. The van der Waals surface area contributed by atoms with Crippen LogP contribution in [0.4, 0.5) is 0 Å². The minimum Gasteiger partial charge on any atom is -0.369 e. The monoisotopic (exact) mass is 327 g/mol. The summed E-state index contributed by atoms with van der Waals surface area (Å²) >= 11 is 3.42. The van der Waals surface area contributed by atoms with Crippen molar-refractivity contribution in [3.05, 3.63) is 0 Å². The number of ether oxygens (including phenoxy) is 1. The minimum atomic E-state index is -2.87. The summed E-state index contributed by atoms with van der Waals surface area (Å²) in [6.45, 7) is 7.97. The molecule has 1 aliphatic rings. The molecule has 0 bridgehead atoms. The van der Waals surface area contributed by atoms with Crippen LogP contribution in [0.15, 0.2) is 0 Å². The highest BCUT2D eigenvalue weighted by Crippen LogP contribution is 2.21. The van der Waals surface area contributed by atoms with Crippen molar-refractivity contribution in [2.45, 2.75) is 32.5 Å². The van der Waals surface area contributed by atoms with E-state index in [0.29, 0.717) is 6.54 Å². The van der Waals surface area contributed by atoms with E-state index >= 15 is 0 Å². The molecule has 0 aromatic heterocycles. The predicted molar refractivity (Wildman–Crippen MR) is 73.5 cm³/mol. The number of halogens is 1. The van der Waals surface area contributed by atoms with Crippen LogP contribution < -0.4 is 0 Å². The molecule has 1 unspecified atom stereocenters. The van der Waals surface area contributed by atoms with Gasteiger partial charge in [0.15, 0.2) is 9.84 Å². The summed E-state index contributed by atoms with van der Waals surface area (Å²) in [5, 5.41) is 0.785. The van der Waals surface area contributed by atoms with Gasteiger partial charge in [-0.2, -0.15) is 0 Å². The van der Waals surface area contributed by atoms with Gasteiger partial charge in [-0.25, -0.2) is 8.42 Å². The lowest BCUT2D eigenvalue weighted by atomic mass is 10.1. The van der Waals surface area contributed by atoms with E-state index in [1.54, 1.807) is 6.92 Å². The van der Waals surface area contributed by atoms with E-state index in [1.807, 2.05) is 13.8 Å². The Kier molecular flexibility index (Phi) is 5.43. The zero-order valence-electron chi connectivity index (χ0n) is 10.8. The number of rotatable bonds is 5. The Morgan fingerprint density at radius 2 is 2.12 bits per heavy atom. The molecule has 1 heterocycles. The van der Waals surface area contributed by atoms with Crippen LogP contribution in [0, 0.1) is 0 Å². The SMILES string of the molecule is CCS(=O)(=O)CCN1CC(CBr)OC(C)(C)C1. The van der Waals surface area contributed by atoms with Gasteiger partial charge < -0.3 is 4.74 Å². The zero-order valence-corrected chi connectivity index (χ0v) is 13.2. The van der Waals surface area contributed by atoms with Crippen LogP contribution in [-0.4, -0.2) is 61.5 Å². The van der Waals surface area contributed by atoms with Crippen molar-refractivity contribution in [1.82, 2.24) is 4.90 Å². The molecule has 0 amide bonds. The van der Waals surface area contributed by atoms with Gasteiger partial charge >= 0.3 is 0 Å². The summed E-state index contributed by atoms with van der Waals surface area (Å²) in [5.41, 5.74) is -0.202. The summed E-state index contributed by atoms with van der Waals surface area (Å²) < 4.78 is 28.8. The van der Waals surface area contributed by atoms with Crippen LogP contribution in [0.2, 0.25) is 0 Å². The van der Waals surface area contributed by atoms with Crippen molar-refractivity contribution in [3.63, 3.8) is 0 Å². The Morgan fingerprint density at radius 3 is 2.65 bits per heavy atom. The molecule has 4 nitrogen and oxygen atoms in total. The summed E-state index contributed by atoms with van der Waals surface area (Å²) in [6, 6.07) is 0. The van der Waals surface area contributed by atoms with Gasteiger partial charge in [-0.05, 0) is 13.8 Å². The topological polar surface area (TPSA) is 46.6 Å². The number of morpholine rings is 1. The van der Waals surface area contributed by atoms with Gasteiger partial charge in [-0.15, -0.1) is 0 Å². The normalized spacial score (nSPS) is 26.0. The van der Waals surface area contributed by atoms with E-state index in [0.717, 1.165) is 18.4 Å². The molecule has 6 heteroatoms. The highest BCUT2D eigenvalue weighted by molar-refractivity contribution is 9.09. The van der Waals surface area contributed by atoms with Crippen LogP contribution in [0.5, 0.6) is 0 Å². The van der Waals surface area contributed by atoms with Gasteiger partial charge in [0.1, 0.15) is 0 Å². The molecule has 0 radical (unpaired) electrons. The van der Waals surface area contributed by atoms with Crippen LogP contribution in [-0.2, 0) is 14.6 Å². The maximum Gasteiger partial charge on any atom is 0.151 e. The van der Waals surface area contributed by atoms with Gasteiger partial charge in [-0.3, -0.25) is 4.90 Å². The first kappa shape index (κ1) is 15.4. The predicted octanol–water partition coefficient (Wildman–Crippen LogP) is 1.30. The molecule has 0 aromatic rings. The summed E-state index contributed by atoms with van der Waals surface area (Å²) in [4.78, 5) is 2.18. The number of hydrogen-bond acceptors (Lipinski definition) is 4. The van der Waals surface area contributed by atoms with Crippen LogP contribution in [0.1, 0.15) is 20.8 Å². The third kappa shape index (κ3) is 5.24. The standard InChI is InChI=1S/C11H22BrNO3S/c1-4-17(14,15)6-5-13-8-10(7-12)16-11(2,3)9-13/h10H,4-9H2,1-3H3. The number of alkyl halides is 1. The molecule has 1 rings (SSSR count). The fraction of sp³-hybridized carbons (Fsp3) is 1.00. The van der Waals surface area contributed by atoms with Crippen molar-refractivity contribution in [2.24, 2.45) is 0 Å². The molecule has 17 heavy (non-hydrogen) atoms. The van der Waals surface area contributed by atoms with E-state index in [-0.39, 0.29) is 23.2 Å². The Bertz CT molecular complexity index is 343. The third-order valence-corrected chi connectivity index (χ3v) is 5.29. The van der Waals surface area contributed by atoms with Crippen molar-refractivity contribution in [1.29, 1.82) is 0 Å². The summed E-state index contributed by atoms with van der Waals surface area (Å²) in [7, 11) is -2.87. The maximum absolute atomic E-state index is 11.5. The maximum atomic E-state index is 11.5. The second-order valence-corrected chi connectivity index (χ2v) is 8.25. The Balaban J connectivity index is 2.54. The van der Waals surface area contributed by atoms with Crippen molar-refractivity contribution < 1.29 is 13.2 Å². The molecule has 102 valence electrons. The molecule has 0 spiro atoms. The fourth-order valence-electron chi connectivity index (χ4n) is 2.08. The molecule has 0 saturated carbocycles. The van der Waals surface area contributed by atoms with Gasteiger partial charge in [0.2, 0.25) is 0 Å². The van der Waals surface area contributed by atoms with E-state index in [1.165, 1.54) is 0 Å². The number of nitrogens with zero attached hydrogens (tertiary/aromatic N) is 1. The molecule has 1 aliphatic heterocycles. The zero-order chi connectivity index (χ0) is 13.1. The highest BCUT2D eigenvalue weighted by atomic mass is 79.9. The van der Waals surface area contributed by atoms with Crippen LogP contribution >= 0.6 is 15.9 Å². The van der Waals surface area contributed by atoms with E-state index in [4.69, 9.17) is 4.74 Å². The van der Waals surface area contributed by atoms with Crippen molar-refractivity contribution in [3.8, 4) is 0 Å². The fourth-order valence-corrected chi connectivity index (χ4v) is 3.24. The Morgan fingerprint density at radius 1 is 1.47 bits per heavy atom. The van der Waals surface area contributed by atoms with Crippen LogP contribution in [0.3, 0.4) is 0 Å². The molecule has 0 aromatic carbocycles. The largest absolute Gasteiger partial charge is 0.369 e. The van der Waals surface area contributed by atoms with Crippen molar-refractivity contribution >= 4 is 25.8 Å². The highest BCUT2D eigenvalue weighted by Gasteiger charge is 2.32. The lowest BCUT2D eigenvalue weighted by molar-refractivity contribution is -0.125. The smallest absolute Gasteiger partial charge is 0.151 e. The first-order valence-corrected chi connectivity index (χ1v) is 8.89. The minimum absolute atomic E-state index is 0.142. The number of hydrogen-bond donors (Lipinski definition) is 0. The summed E-state index contributed by atoms with van der Waals surface area (Å²) in [6.07, 6.45) is 0.142. The average molecular weight is 328 g/mol. The second-order valence-electron chi connectivity index (χ2n) is 5.13. The Hall–Kier alpha value is 0.350. The van der Waals surface area contributed by atoms with Gasteiger partial charge in [0.25, 0.3) is 0 Å². The lowest BCUT2D eigenvalue weighted by Crippen LogP contribution is -2.54. The van der Waals surface area contributed by atoms with Gasteiger partial charge in [0, 0.05) is 30.7 Å².